The van der Waals surface area contributed by atoms with Crippen molar-refractivity contribution in [2.75, 3.05) is 5.43 Å². The average molecular weight is 300 g/mol. The molecule has 0 saturated carbocycles. The van der Waals surface area contributed by atoms with E-state index in [9.17, 15) is 0 Å². The highest BCUT2D eigenvalue weighted by molar-refractivity contribution is 9.10. The molecule has 4 heteroatoms. The zero-order valence-corrected chi connectivity index (χ0v) is 11.1. The van der Waals surface area contributed by atoms with Gasteiger partial charge in [-0.3, -0.25) is 5.43 Å². The summed E-state index contributed by atoms with van der Waals surface area (Å²) in [6, 6.07) is 17.1. The zero-order valence-electron chi connectivity index (χ0n) is 9.47. The average Bonchev–Trinajstić information content (AvgIpc) is 2.42. The summed E-state index contributed by atoms with van der Waals surface area (Å²) in [6.45, 7) is 0. The van der Waals surface area contributed by atoms with Crippen LogP contribution < -0.4 is 5.43 Å². The fourth-order valence-electron chi connectivity index (χ4n) is 1.35. The van der Waals surface area contributed by atoms with Crippen LogP contribution in [-0.4, -0.2) is 6.21 Å². The van der Waals surface area contributed by atoms with E-state index in [0.29, 0.717) is 5.56 Å². The third-order valence-electron chi connectivity index (χ3n) is 2.29. The largest absolute Gasteiger partial charge is 0.279 e. The molecule has 0 atom stereocenters. The molecule has 0 aliphatic carbocycles. The van der Waals surface area contributed by atoms with E-state index < -0.39 is 0 Å². The lowest BCUT2D eigenvalue weighted by atomic mass is 10.2. The van der Waals surface area contributed by atoms with E-state index in [1.165, 1.54) is 0 Å². The van der Waals surface area contributed by atoms with Crippen molar-refractivity contribution in [3.05, 3.63) is 64.1 Å². The Balaban J connectivity index is 1.98. The number of hydrogen-bond acceptors (Lipinski definition) is 3. The molecule has 88 valence electrons. The Morgan fingerprint density at radius 1 is 1.06 bits per heavy atom. The zero-order chi connectivity index (χ0) is 12.8. The summed E-state index contributed by atoms with van der Waals surface area (Å²) >= 11 is 3.37. The van der Waals surface area contributed by atoms with Gasteiger partial charge in [0, 0.05) is 4.47 Å². The van der Waals surface area contributed by atoms with Crippen molar-refractivity contribution in [2.45, 2.75) is 0 Å². The van der Waals surface area contributed by atoms with Crippen LogP contribution in [-0.2, 0) is 0 Å². The summed E-state index contributed by atoms with van der Waals surface area (Å²) in [7, 11) is 0. The summed E-state index contributed by atoms with van der Waals surface area (Å²) in [5, 5.41) is 12.8. The molecular weight excluding hydrogens is 290 g/mol. The third kappa shape index (κ3) is 3.44. The Labute approximate surface area is 114 Å². The fraction of sp³-hybridized carbons (Fsp3) is 0. The smallest absolute Gasteiger partial charge is 0.0991 e. The normalized spacial score (nSPS) is 10.2. The van der Waals surface area contributed by atoms with E-state index in [-0.39, 0.29) is 0 Å². The van der Waals surface area contributed by atoms with Gasteiger partial charge in [-0.2, -0.15) is 10.4 Å². The molecular formula is C14H10BrN3. The quantitative estimate of drug-likeness (QED) is 0.693. The van der Waals surface area contributed by atoms with Crippen molar-refractivity contribution >= 4 is 27.8 Å². The second kappa shape index (κ2) is 5.99. The topological polar surface area (TPSA) is 48.2 Å². The van der Waals surface area contributed by atoms with Gasteiger partial charge < -0.3 is 0 Å². The summed E-state index contributed by atoms with van der Waals surface area (Å²) in [4.78, 5) is 0. The summed E-state index contributed by atoms with van der Waals surface area (Å²) < 4.78 is 1.03. The Morgan fingerprint density at radius 2 is 1.72 bits per heavy atom. The number of hydrogen-bond donors (Lipinski definition) is 1. The van der Waals surface area contributed by atoms with E-state index in [1.54, 1.807) is 18.3 Å². The molecule has 0 heterocycles. The SMILES string of the molecule is N#Cc1ccc(/C=N/Nc2ccc(Br)cc2)cc1. The summed E-state index contributed by atoms with van der Waals surface area (Å²) in [5.74, 6) is 0. The molecule has 0 fully saturated rings. The Morgan fingerprint density at radius 3 is 2.33 bits per heavy atom. The van der Waals surface area contributed by atoms with Crippen LogP contribution in [0.15, 0.2) is 58.1 Å². The first-order valence-corrected chi connectivity index (χ1v) is 6.12. The lowest BCUT2D eigenvalue weighted by Crippen LogP contribution is -1.90. The van der Waals surface area contributed by atoms with Crippen LogP contribution >= 0.6 is 15.9 Å². The summed E-state index contributed by atoms with van der Waals surface area (Å²) in [6.07, 6.45) is 1.71. The van der Waals surface area contributed by atoms with Gasteiger partial charge in [0.15, 0.2) is 0 Å². The van der Waals surface area contributed by atoms with Gasteiger partial charge in [-0.15, -0.1) is 0 Å². The van der Waals surface area contributed by atoms with Crippen LogP contribution in [0, 0.1) is 11.3 Å². The molecule has 0 aliphatic rings. The molecule has 0 radical (unpaired) electrons. The standard InChI is InChI=1S/C14H10BrN3/c15-13-5-7-14(8-6-13)18-17-10-12-3-1-11(9-16)2-4-12/h1-8,10,18H/b17-10+. The van der Waals surface area contributed by atoms with Crippen LogP contribution in [0.4, 0.5) is 5.69 Å². The van der Waals surface area contributed by atoms with Crippen molar-refractivity contribution < 1.29 is 0 Å². The minimum absolute atomic E-state index is 0.646. The molecule has 0 aromatic heterocycles. The number of rotatable bonds is 3. The van der Waals surface area contributed by atoms with Gasteiger partial charge in [0.2, 0.25) is 0 Å². The van der Waals surface area contributed by atoms with Gasteiger partial charge in [0.1, 0.15) is 0 Å². The fourth-order valence-corrected chi connectivity index (χ4v) is 1.61. The number of nitriles is 1. The highest BCUT2D eigenvalue weighted by Gasteiger charge is 1.91. The van der Waals surface area contributed by atoms with Crippen LogP contribution in [0.5, 0.6) is 0 Å². The molecule has 0 amide bonds. The Kier molecular flexibility index (Phi) is 4.11. The molecule has 2 aromatic carbocycles. The van der Waals surface area contributed by atoms with Gasteiger partial charge in [-0.1, -0.05) is 28.1 Å². The van der Waals surface area contributed by atoms with E-state index in [1.807, 2.05) is 36.4 Å². The first-order valence-electron chi connectivity index (χ1n) is 5.33. The van der Waals surface area contributed by atoms with Gasteiger partial charge in [0.25, 0.3) is 0 Å². The first-order chi connectivity index (χ1) is 8.78. The maximum atomic E-state index is 8.68. The second-order valence-electron chi connectivity index (χ2n) is 3.61. The van der Waals surface area contributed by atoms with E-state index in [0.717, 1.165) is 15.7 Å². The lowest BCUT2D eigenvalue weighted by Gasteiger charge is -1.99. The van der Waals surface area contributed by atoms with Crippen molar-refractivity contribution in [1.82, 2.24) is 0 Å². The molecule has 3 nitrogen and oxygen atoms in total. The molecule has 0 unspecified atom stereocenters. The lowest BCUT2D eigenvalue weighted by molar-refractivity contribution is 1.35. The molecule has 2 rings (SSSR count). The molecule has 0 aliphatic heterocycles. The maximum Gasteiger partial charge on any atom is 0.0991 e. The molecule has 1 N–H and O–H groups in total. The van der Waals surface area contributed by atoms with Crippen molar-refractivity contribution in [3.8, 4) is 6.07 Å². The minimum atomic E-state index is 0.646. The summed E-state index contributed by atoms with van der Waals surface area (Å²) in [5.41, 5.74) is 5.44. The Bertz CT molecular complexity index is 580. The number of benzene rings is 2. The number of hydrazone groups is 1. The Hall–Kier alpha value is -2.12. The molecule has 0 saturated heterocycles. The first kappa shape index (κ1) is 12.3. The highest BCUT2D eigenvalue weighted by atomic mass is 79.9. The number of nitrogens with one attached hydrogen (secondary N) is 1. The molecule has 2 aromatic rings. The number of anilines is 1. The third-order valence-corrected chi connectivity index (χ3v) is 2.82. The minimum Gasteiger partial charge on any atom is -0.279 e. The number of nitrogens with zero attached hydrogens (tertiary/aromatic N) is 2. The number of halogens is 1. The van der Waals surface area contributed by atoms with Crippen molar-refractivity contribution in [3.63, 3.8) is 0 Å². The van der Waals surface area contributed by atoms with Gasteiger partial charge in [-0.25, -0.2) is 0 Å². The predicted molar refractivity (Wildman–Crippen MR) is 76.5 cm³/mol. The van der Waals surface area contributed by atoms with Crippen LogP contribution in [0.3, 0.4) is 0 Å². The molecule has 0 bridgehead atoms. The molecule has 0 spiro atoms. The van der Waals surface area contributed by atoms with Gasteiger partial charge >= 0.3 is 0 Å². The van der Waals surface area contributed by atoms with E-state index >= 15 is 0 Å². The van der Waals surface area contributed by atoms with Gasteiger partial charge in [-0.05, 0) is 42.0 Å². The maximum absolute atomic E-state index is 8.68. The predicted octanol–water partition coefficient (Wildman–Crippen LogP) is 3.77. The van der Waals surface area contributed by atoms with E-state index in [4.69, 9.17) is 5.26 Å². The molecule has 18 heavy (non-hydrogen) atoms. The van der Waals surface area contributed by atoms with Crippen molar-refractivity contribution in [2.24, 2.45) is 5.10 Å². The second-order valence-corrected chi connectivity index (χ2v) is 4.53. The monoisotopic (exact) mass is 299 g/mol. The van der Waals surface area contributed by atoms with Gasteiger partial charge in [0.05, 0.1) is 23.5 Å². The van der Waals surface area contributed by atoms with Crippen molar-refractivity contribution in [1.29, 1.82) is 5.26 Å². The highest BCUT2D eigenvalue weighted by Crippen LogP contribution is 2.13. The van der Waals surface area contributed by atoms with E-state index in [2.05, 4.69) is 32.5 Å². The van der Waals surface area contributed by atoms with Crippen LogP contribution in [0.25, 0.3) is 0 Å². The van der Waals surface area contributed by atoms with Crippen LogP contribution in [0.1, 0.15) is 11.1 Å². The van der Waals surface area contributed by atoms with Crippen LogP contribution in [0.2, 0.25) is 0 Å².